The van der Waals surface area contributed by atoms with Crippen molar-refractivity contribution >= 4 is 11.9 Å². The summed E-state index contributed by atoms with van der Waals surface area (Å²) >= 11 is 0. The molecule has 0 radical (unpaired) electrons. The number of rotatable bonds is 62. The number of nitrogens with one attached hydrogen (secondary N) is 1. The number of unbranched alkanes of at least 4 members (excludes halogenated alkanes) is 48. The topological polar surface area (TPSA) is 175 Å². The van der Waals surface area contributed by atoms with Crippen molar-refractivity contribution in [1.82, 2.24) is 5.32 Å². The Morgan fingerprint density at radius 1 is 0.469 bits per heavy atom. The van der Waals surface area contributed by atoms with Gasteiger partial charge in [-0.3, -0.25) is 9.59 Å². The molecule has 6 N–H and O–H groups in total. The smallest absolute Gasteiger partial charge is 0.306 e. The van der Waals surface area contributed by atoms with Crippen LogP contribution in [0.3, 0.4) is 0 Å². The second kappa shape index (κ2) is 58.8. The first-order valence-electron chi connectivity index (χ1n) is 35.5. The van der Waals surface area contributed by atoms with E-state index in [1.807, 2.05) is 6.08 Å². The van der Waals surface area contributed by atoms with Crippen LogP contribution in [0.4, 0.5) is 0 Å². The van der Waals surface area contributed by atoms with Crippen LogP contribution in [0.25, 0.3) is 0 Å². The van der Waals surface area contributed by atoms with Crippen LogP contribution in [0.15, 0.2) is 12.2 Å². The number of ether oxygens (including phenoxy) is 3. The van der Waals surface area contributed by atoms with Gasteiger partial charge in [-0.15, -0.1) is 0 Å². The van der Waals surface area contributed by atoms with Crippen molar-refractivity contribution in [2.24, 2.45) is 0 Å². The Morgan fingerprint density at radius 2 is 0.802 bits per heavy atom. The third-order valence-corrected chi connectivity index (χ3v) is 17.2. The fourth-order valence-corrected chi connectivity index (χ4v) is 11.6. The maximum atomic E-state index is 13.4. The zero-order valence-corrected chi connectivity index (χ0v) is 53.4. The molecule has 1 saturated heterocycles. The van der Waals surface area contributed by atoms with Gasteiger partial charge in [0.15, 0.2) is 12.4 Å². The Morgan fingerprint density at radius 3 is 1.16 bits per heavy atom. The molecule has 1 aliphatic heterocycles. The largest absolute Gasteiger partial charge is 0.454 e. The first kappa shape index (κ1) is 77.4. The molecule has 11 nitrogen and oxygen atoms in total. The molecular weight excluding hydrogens is 1010 g/mol. The molecule has 0 aliphatic carbocycles. The molecule has 0 saturated carbocycles. The molecule has 8 unspecified atom stereocenters. The van der Waals surface area contributed by atoms with E-state index >= 15 is 0 Å². The molecule has 0 aromatic rings. The van der Waals surface area contributed by atoms with Gasteiger partial charge in [-0.25, -0.2) is 0 Å². The van der Waals surface area contributed by atoms with Gasteiger partial charge in [0.2, 0.25) is 5.91 Å². The molecule has 0 spiro atoms. The number of esters is 1. The quantitative estimate of drug-likeness (QED) is 0.0195. The van der Waals surface area contributed by atoms with Gasteiger partial charge in [-0.05, 0) is 25.7 Å². The van der Waals surface area contributed by atoms with Gasteiger partial charge in [0, 0.05) is 6.42 Å². The number of hydrogen-bond donors (Lipinski definition) is 6. The van der Waals surface area contributed by atoms with E-state index in [0.717, 1.165) is 57.8 Å². The summed E-state index contributed by atoms with van der Waals surface area (Å²) in [6, 6.07) is -1.02. The summed E-state index contributed by atoms with van der Waals surface area (Å²) in [7, 11) is 0. The zero-order chi connectivity index (χ0) is 58.9. The Bertz CT molecular complexity index is 1370. The summed E-state index contributed by atoms with van der Waals surface area (Å²) in [5, 5.41) is 57.1. The Kier molecular flexibility index (Phi) is 56.2. The SMILES string of the molecule is CCCCCCCCCCCCC/C=C/C(O)C(COC1OC(CO)C(O)C(O)C1OC(=O)CCCCCCCCCCCCCCCCCCCCCCCCCCCCC)NC(=O)C(O)CCCCCCCCCCCCCC. The summed E-state index contributed by atoms with van der Waals surface area (Å²) in [4.78, 5) is 26.6. The lowest BCUT2D eigenvalue weighted by atomic mass is 9.99. The maximum Gasteiger partial charge on any atom is 0.306 e. The summed E-state index contributed by atoms with van der Waals surface area (Å²) < 4.78 is 17.7. The van der Waals surface area contributed by atoms with Gasteiger partial charge in [0.05, 0.1) is 25.4 Å². The van der Waals surface area contributed by atoms with Gasteiger partial charge < -0.3 is 45.1 Å². The number of hydrogen-bond acceptors (Lipinski definition) is 10. The van der Waals surface area contributed by atoms with Crippen molar-refractivity contribution in [2.45, 2.75) is 410 Å². The second-order valence-electron chi connectivity index (χ2n) is 25.0. The lowest BCUT2D eigenvalue weighted by Gasteiger charge is -2.41. The third-order valence-electron chi connectivity index (χ3n) is 17.2. The van der Waals surface area contributed by atoms with E-state index in [4.69, 9.17) is 14.2 Å². The Hall–Kier alpha value is -1.60. The number of aliphatic hydroxyl groups is 5. The minimum atomic E-state index is -1.61. The zero-order valence-electron chi connectivity index (χ0n) is 53.4. The van der Waals surface area contributed by atoms with E-state index in [1.54, 1.807) is 6.08 Å². The van der Waals surface area contributed by atoms with Crippen LogP contribution in [0.1, 0.15) is 361 Å². The summed E-state index contributed by atoms with van der Waals surface area (Å²) in [5.41, 5.74) is 0. The van der Waals surface area contributed by atoms with Crippen LogP contribution in [0.2, 0.25) is 0 Å². The first-order valence-corrected chi connectivity index (χ1v) is 35.5. The first-order chi connectivity index (χ1) is 39.7. The average molecular weight is 1150 g/mol. The van der Waals surface area contributed by atoms with E-state index in [1.165, 1.54) is 257 Å². The summed E-state index contributed by atoms with van der Waals surface area (Å²) in [5.74, 6) is -1.17. The molecule has 0 aromatic carbocycles. The third kappa shape index (κ3) is 46.3. The van der Waals surface area contributed by atoms with Gasteiger partial charge in [0.25, 0.3) is 0 Å². The highest BCUT2D eigenvalue weighted by Gasteiger charge is 2.47. The normalized spacial score (nSPS) is 18.6. The standard InChI is InChI=1S/C70H135NO10/c1-4-7-10-13-16-19-22-25-26-27-28-29-30-31-32-33-34-35-36-37-38-40-43-46-49-52-55-58-65(75)81-68-67(77)66(76)64(59-72)80-70(68)79-60-61(62(73)56-53-50-47-44-42-39-23-20-17-14-11-8-5-2)71-69(78)63(74)57-54-51-48-45-41-24-21-18-15-12-9-6-3/h53,56,61-64,66-68,70,72-74,76-77H,4-52,54-55,57-60H2,1-3H3,(H,71,78)/b56-53+. The Balaban J connectivity index is 2.50. The highest BCUT2D eigenvalue weighted by Crippen LogP contribution is 2.27. The lowest BCUT2D eigenvalue weighted by molar-refractivity contribution is -0.305. The van der Waals surface area contributed by atoms with Gasteiger partial charge in [-0.2, -0.15) is 0 Å². The number of amides is 1. The van der Waals surface area contributed by atoms with Gasteiger partial charge in [0.1, 0.15) is 24.4 Å². The molecule has 480 valence electrons. The van der Waals surface area contributed by atoms with Crippen molar-refractivity contribution in [3.63, 3.8) is 0 Å². The van der Waals surface area contributed by atoms with Crippen molar-refractivity contribution in [3.8, 4) is 0 Å². The monoisotopic (exact) mass is 1150 g/mol. The molecule has 1 rings (SSSR count). The molecule has 0 bridgehead atoms. The molecule has 1 heterocycles. The molecule has 8 atom stereocenters. The molecule has 1 aliphatic rings. The van der Waals surface area contributed by atoms with Crippen LogP contribution < -0.4 is 5.32 Å². The lowest BCUT2D eigenvalue weighted by Crippen LogP contribution is -2.61. The molecule has 81 heavy (non-hydrogen) atoms. The molecule has 11 heteroatoms. The van der Waals surface area contributed by atoms with E-state index < -0.39 is 67.4 Å². The van der Waals surface area contributed by atoms with E-state index in [9.17, 15) is 35.1 Å². The van der Waals surface area contributed by atoms with Crippen molar-refractivity contribution in [1.29, 1.82) is 0 Å². The minimum absolute atomic E-state index is 0.132. The number of aliphatic hydroxyl groups excluding tert-OH is 5. The highest BCUT2D eigenvalue weighted by molar-refractivity contribution is 5.80. The van der Waals surface area contributed by atoms with E-state index in [-0.39, 0.29) is 13.0 Å². The molecule has 0 aromatic heterocycles. The van der Waals surface area contributed by atoms with Crippen LogP contribution >= 0.6 is 0 Å². The fraction of sp³-hybridized carbons (Fsp3) is 0.943. The molecular formula is C70H135NO10. The van der Waals surface area contributed by atoms with Gasteiger partial charge in [-0.1, -0.05) is 341 Å². The van der Waals surface area contributed by atoms with Crippen LogP contribution in [-0.2, 0) is 23.8 Å². The predicted molar refractivity (Wildman–Crippen MR) is 338 cm³/mol. The molecule has 1 fully saturated rings. The van der Waals surface area contributed by atoms with E-state index in [2.05, 4.69) is 26.1 Å². The minimum Gasteiger partial charge on any atom is -0.454 e. The van der Waals surface area contributed by atoms with E-state index in [0.29, 0.717) is 19.3 Å². The van der Waals surface area contributed by atoms with Crippen LogP contribution in [0, 0.1) is 0 Å². The summed E-state index contributed by atoms with van der Waals surface area (Å²) in [6.45, 7) is 5.84. The van der Waals surface area contributed by atoms with Crippen molar-refractivity contribution < 1.29 is 49.3 Å². The predicted octanol–water partition coefficient (Wildman–Crippen LogP) is 17.9. The average Bonchev–Trinajstić information content (AvgIpc) is 3.51. The number of carbonyl (C=O) groups is 2. The van der Waals surface area contributed by atoms with Crippen LogP contribution in [0.5, 0.6) is 0 Å². The summed E-state index contributed by atoms with van der Waals surface area (Å²) in [6.07, 6.45) is 58.4. The van der Waals surface area contributed by atoms with Crippen molar-refractivity contribution in [2.75, 3.05) is 13.2 Å². The second-order valence-corrected chi connectivity index (χ2v) is 25.0. The van der Waals surface area contributed by atoms with Crippen molar-refractivity contribution in [3.05, 3.63) is 12.2 Å². The fourth-order valence-electron chi connectivity index (χ4n) is 11.6. The molecule has 1 amide bonds. The van der Waals surface area contributed by atoms with Crippen LogP contribution in [-0.4, -0.2) is 99.6 Å². The number of carbonyl (C=O) groups excluding carboxylic acids is 2. The maximum absolute atomic E-state index is 13.4. The highest BCUT2D eigenvalue weighted by atomic mass is 16.7. The number of allylic oxidation sites excluding steroid dienone is 1. The Labute approximate surface area is 499 Å². The van der Waals surface area contributed by atoms with Gasteiger partial charge >= 0.3 is 5.97 Å².